The SMILES string of the molecule is CCN(CCO)C(C)CNC(=O)c1cc(-c2cnn3ccc(-c4cccs4)nc23)nc(N2CCC2C(=O)NC)c1. The molecule has 0 saturated carbocycles. The zero-order valence-electron chi connectivity index (χ0n) is 22.9. The third-order valence-electron chi connectivity index (χ3n) is 7.33. The molecule has 210 valence electrons. The lowest BCUT2D eigenvalue weighted by molar-refractivity contribution is -0.123. The lowest BCUT2D eigenvalue weighted by Gasteiger charge is -2.40. The molecule has 1 aliphatic heterocycles. The number of fused-ring (bicyclic) bond motifs is 1. The van der Waals surface area contributed by atoms with Crippen LogP contribution in [-0.4, -0.2) is 93.3 Å². The number of hydrogen-bond donors (Lipinski definition) is 3. The van der Waals surface area contributed by atoms with E-state index in [9.17, 15) is 14.7 Å². The number of hydrogen-bond acceptors (Lipinski definition) is 9. The number of carbonyl (C=O) groups is 2. The zero-order valence-corrected chi connectivity index (χ0v) is 23.7. The van der Waals surface area contributed by atoms with Crippen LogP contribution in [0.2, 0.25) is 0 Å². The third kappa shape index (κ3) is 5.55. The van der Waals surface area contributed by atoms with Crippen LogP contribution >= 0.6 is 11.3 Å². The minimum atomic E-state index is -0.340. The molecule has 0 bridgehead atoms. The molecule has 3 N–H and O–H groups in total. The molecule has 4 aromatic rings. The molecule has 0 aliphatic carbocycles. The Labute approximate surface area is 236 Å². The number of aliphatic hydroxyl groups excluding tert-OH is 1. The first kappa shape index (κ1) is 27.7. The van der Waals surface area contributed by atoms with Crippen LogP contribution in [0.4, 0.5) is 5.82 Å². The summed E-state index contributed by atoms with van der Waals surface area (Å²) in [5.41, 5.74) is 3.15. The normalized spacial score (nSPS) is 15.7. The van der Waals surface area contributed by atoms with Crippen LogP contribution in [0.1, 0.15) is 30.6 Å². The predicted molar refractivity (Wildman–Crippen MR) is 155 cm³/mol. The standard InChI is InChI=1S/C28H34N8O3S/c1-4-34(11-12-37)18(2)16-30-27(38)19-14-22(32-25(15-19)35-9-8-23(35)28(39)29-3)20-17-31-36-10-7-21(33-26(20)36)24-6-5-13-40-24/h5-7,10,13-15,17-18,23,37H,4,8-9,11-12,16H2,1-3H3,(H,29,39)(H,30,38). The van der Waals surface area contributed by atoms with Crippen molar-refractivity contribution in [3.05, 3.63) is 53.7 Å². The van der Waals surface area contributed by atoms with Crippen LogP contribution in [0, 0.1) is 0 Å². The first-order valence-corrected chi connectivity index (χ1v) is 14.3. The van der Waals surface area contributed by atoms with Gasteiger partial charge in [-0.1, -0.05) is 13.0 Å². The molecule has 2 atom stereocenters. The number of amides is 2. The molecule has 1 fully saturated rings. The summed E-state index contributed by atoms with van der Waals surface area (Å²) in [4.78, 5) is 40.7. The first-order chi connectivity index (χ1) is 19.4. The van der Waals surface area contributed by atoms with Crippen molar-refractivity contribution in [2.45, 2.75) is 32.4 Å². The molecule has 5 rings (SSSR count). The number of likely N-dealkylation sites (N-methyl/N-ethyl adjacent to an activating group) is 2. The molecular formula is C28H34N8O3S. The van der Waals surface area contributed by atoms with Gasteiger partial charge < -0.3 is 20.6 Å². The van der Waals surface area contributed by atoms with Crippen LogP contribution in [0.3, 0.4) is 0 Å². The number of anilines is 1. The van der Waals surface area contributed by atoms with E-state index in [4.69, 9.17) is 9.97 Å². The van der Waals surface area contributed by atoms with Crippen molar-refractivity contribution < 1.29 is 14.7 Å². The number of nitrogens with one attached hydrogen (secondary N) is 2. The fourth-order valence-electron chi connectivity index (χ4n) is 4.93. The van der Waals surface area contributed by atoms with Crippen LogP contribution < -0.4 is 15.5 Å². The van der Waals surface area contributed by atoms with Gasteiger partial charge in [-0.25, -0.2) is 14.5 Å². The second kappa shape index (κ2) is 12.1. The van der Waals surface area contributed by atoms with Gasteiger partial charge >= 0.3 is 0 Å². The van der Waals surface area contributed by atoms with Gasteiger partial charge in [0.05, 0.1) is 34.6 Å². The summed E-state index contributed by atoms with van der Waals surface area (Å²) in [7, 11) is 1.62. The Kier molecular flexibility index (Phi) is 8.38. The summed E-state index contributed by atoms with van der Waals surface area (Å²) in [6, 6.07) is 9.12. The molecular weight excluding hydrogens is 528 g/mol. The van der Waals surface area contributed by atoms with Crippen LogP contribution in [0.5, 0.6) is 0 Å². The van der Waals surface area contributed by atoms with Crippen molar-refractivity contribution in [1.29, 1.82) is 0 Å². The minimum absolute atomic E-state index is 0.0504. The quantitative estimate of drug-likeness (QED) is 0.254. The fourth-order valence-corrected chi connectivity index (χ4v) is 5.63. The van der Waals surface area contributed by atoms with E-state index in [1.807, 2.05) is 48.5 Å². The number of rotatable bonds is 11. The Morgan fingerprint density at radius 3 is 2.77 bits per heavy atom. The van der Waals surface area contributed by atoms with Crippen molar-refractivity contribution >= 4 is 34.6 Å². The maximum atomic E-state index is 13.4. The monoisotopic (exact) mass is 562 g/mol. The Bertz CT molecular complexity index is 1490. The highest BCUT2D eigenvalue weighted by atomic mass is 32.1. The number of carbonyl (C=O) groups excluding carboxylic acids is 2. The van der Waals surface area contributed by atoms with E-state index < -0.39 is 0 Å². The predicted octanol–water partition coefficient (Wildman–Crippen LogP) is 2.28. The number of pyridine rings is 1. The average molecular weight is 563 g/mol. The van der Waals surface area contributed by atoms with Gasteiger partial charge in [0.25, 0.3) is 5.91 Å². The van der Waals surface area contributed by atoms with Gasteiger partial charge in [0.1, 0.15) is 11.9 Å². The lowest BCUT2D eigenvalue weighted by atomic mass is 10.0. The van der Waals surface area contributed by atoms with E-state index in [1.165, 1.54) is 0 Å². The Balaban J connectivity index is 1.51. The molecule has 1 aliphatic rings. The number of aliphatic hydroxyl groups is 1. The van der Waals surface area contributed by atoms with E-state index >= 15 is 0 Å². The minimum Gasteiger partial charge on any atom is -0.395 e. The number of aromatic nitrogens is 4. The highest BCUT2D eigenvalue weighted by Gasteiger charge is 2.35. The Hall–Kier alpha value is -3.87. The maximum Gasteiger partial charge on any atom is 0.251 e. The second-order valence-corrected chi connectivity index (χ2v) is 10.7. The second-order valence-electron chi connectivity index (χ2n) is 9.74. The van der Waals surface area contributed by atoms with E-state index in [0.717, 1.165) is 17.1 Å². The number of thiophene rings is 1. The average Bonchev–Trinajstić information content (AvgIpc) is 3.64. The van der Waals surface area contributed by atoms with Crippen LogP contribution in [-0.2, 0) is 4.79 Å². The molecule has 4 aromatic heterocycles. The highest BCUT2D eigenvalue weighted by Crippen LogP contribution is 2.31. The molecule has 0 aromatic carbocycles. The van der Waals surface area contributed by atoms with Gasteiger partial charge in [0, 0.05) is 44.5 Å². The van der Waals surface area contributed by atoms with Crippen LogP contribution in [0.25, 0.3) is 27.5 Å². The molecule has 5 heterocycles. The van der Waals surface area contributed by atoms with Crippen molar-refractivity contribution in [1.82, 2.24) is 35.1 Å². The van der Waals surface area contributed by atoms with Gasteiger partial charge in [-0.3, -0.25) is 14.5 Å². The number of nitrogens with zero attached hydrogens (tertiary/aromatic N) is 6. The van der Waals surface area contributed by atoms with Gasteiger partial charge in [-0.2, -0.15) is 5.10 Å². The zero-order chi connectivity index (χ0) is 28.2. The molecule has 2 amide bonds. The summed E-state index contributed by atoms with van der Waals surface area (Å²) >= 11 is 1.61. The topological polar surface area (TPSA) is 128 Å². The molecule has 40 heavy (non-hydrogen) atoms. The molecule has 1 saturated heterocycles. The summed E-state index contributed by atoms with van der Waals surface area (Å²) in [6.07, 6.45) is 4.28. The van der Waals surface area contributed by atoms with E-state index in [0.29, 0.717) is 54.3 Å². The van der Waals surface area contributed by atoms with E-state index in [1.54, 1.807) is 41.2 Å². The third-order valence-corrected chi connectivity index (χ3v) is 8.22. The summed E-state index contributed by atoms with van der Waals surface area (Å²) < 4.78 is 1.69. The van der Waals surface area contributed by atoms with Gasteiger partial charge in [-0.05, 0) is 49.5 Å². The van der Waals surface area contributed by atoms with Gasteiger partial charge in [0.2, 0.25) is 5.91 Å². The maximum absolute atomic E-state index is 13.4. The molecule has 0 spiro atoms. The van der Waals surface area contributed by atoms with E-state index in [2.05, 4.69) is 20.6 Å². The Morgan fingerprint density at radius 1 is 1.25 bits per heavy atom. The lowest BCUT2D eigenvalue weighted by Crippen LogP contribution is -2.56. The first-order valence-electron chi connectivity index (χ1n) is 13.5. The summed E-state index contributed by atoms with van der Waals surface area (Å²) in [6.45, 7) is 6.51. The summed E-state index contributed by atoms with van der Waals surface area (Å²) in [5.74, 6) is 0.234. The van der Waals surface area contributed by atoms with Crippen molar-refractivity contribution in [3.8, 4) is 21.8 Å². The molecule has 2 unspecified atom stereocenters. The summed E-state index contributed by atoms with van der Waals surface area (Å²) in [5, 5.41) is 21.6. The van der Waals surface area contributed by atoms with Crippen molar-refractivity contribution in [3.63, 3.8) is 0 Å². The van der Waals surface area contributed by atoms with Gasteiger partial charge in [-0.15, -0.1) is 11.3 Å². The fraction of sp³-hybridized carbons (Fsp3) is 0.393. The van der Waals surface area contributed by atoms with Crippen molar-refractivity contribution in [2.24, 2.45) is 0 Å². The largest absolute Gasteiger partial charge is 0.395 e. The van der Waals surface area contributed by atoms with Crippen LogP contribution in [0.15, 0.2) is 48.1 Å². The van der Waals surface area contributed by atoms with E-state index in [-0.39, 0.29) is 30.5 Å². The van der Waals surface area contributed by atoms with Crippen molar-refractivity contribution in [2.75, 3.05) is 44.7 Å². The smallest absolute Gasteiger partial charge is 0.251 e. The molecule has 11 nitrogen and oxygen atoms in total. The van der Waals surface area contributed by atoms with Gasteiger partial charge in [0.15, 0.2) is 5.65 Å². The molecule has 12 heteroatoms. The Morgan fingerprint density at radius 2 is 2.10 bits per heavy atom. The molecule has 0 radical (unpaired) electrons. The highest BCUT2D eigenvalue weighted by molar-refractivity contribution is 7.13.